The Bertz CT molecular complexity index is 208. The van der Waals surface area contributed by atoms with Crippen molar-refractivity contribution in [2.24, 2.45) is 0 Å². The van der Waals surface area contributed by atoms with Crippen LogP contribution in [-0.2, 0) is 0 Å². The van der Waals surface area contributed by atoms with Gasteiger partial charge >= 0.3 is 59.1 Å². The van der Waals surface area contributed by atoms with Gasteiger partial charge in [0.2, 0.25) is 0 Å². The van der Waals surface area contributed by atoms with Gasteiger partial charge in [0.15, 0.2) is 0 Å². The van der Waals surface area contributed by atoms with Crippen molar-refractivity contribution in [1.82, 2.24) is 15.0 Å². The maximum Gasteiger partial charge on any atom is 0.119 e. The summed E-state index contributed by atoms with van der Waals surface area (Å²) < 4.78 is 4.58. The molecule has 6 heteroatoms. The Kier molecular flexibility index (Phi) is 14.9. The molecule has 2 heterocycles. The normalized spacial score (nSPS) is 6.77. The van der Waals surface area contributed by atoms with Crippen molar-refractivity contribution in [1.29, 1.82) is 0 Å². The number of hydrogen-bond acceptors (Lipinski definition) is 4. The smallest absolute Gasteiger partial charge is 0.119 e. The average Bonchev–Trinajstić information content (AvgIpc) is 2.64. The van der Waals surface area contributed by atoms with E-state index < -0.39 is 0 Å². The molecular formula is C7H9N3Na2O. The summed E-state index contributed by atoms with van der Waals surface area (Å²) in [5.74, 6) is 0. The molecule has 0 atom stereocenters. The zero-order chi connectivity index (χ0) is 7.78. The van der Waals surface area contributed by atoms with E-state index >= 15 is 0 Å². The quantitative estimate of drug-likeness (QED) is 0.551. The standard InChI is InChI=1S/C4H4O.C3H3N3.2Na.2H/c1-2-4-5-3-1;1-4-2-6-3-5-1;;;;/h1-4H;1-3H;;;;. The van der Waals surface area contributed by atoms with E-state index in [2.05, 4.69) is 19.4 Å². The van der Waals surface area contributed by atoms with Gasteiger partial charge in [-0.15, -0.1) is 0 Å². The molecule has 60 valence electrons. The Balaban J connectivity index is 0. The molecule has 0 aliphatic heterocycles. The van der Waals surface area contributed by atoms with Crippen LogP contribution in [0.3, 0.4) is 0 Å². The second-order valence-electron chi connectivity index (χ2n) is 1.59. The third-order valence-electron chi connectivity index (χ3n) is 0.825. The molecule has 0 saturated carbocycles. The Morgan fingerprint density at radius 2 is 1.08 bits per heavy atom. The summed E-state index contributed by atoms with van der Waals surface area (Å²) in [6, 6.07) is 3.67. The number of hydrogen-bond donors (Lipinski definition) is 0. The van der Waals surface area contributed by atoms with Crippen LogP contribution in [0.2, 0.25) is 0 Å². The third kappa shape index (κ3) is 10.2. The molecule has 0 N–H and O–H groups in total. The van der Waals surface area contributed by atoms with Crippen LogP contribution in [0.15, 0.2) is 48.1 Å². The zero-order valence-electron chi connectivity index (χ0n) is 5.79. The number of nitrogens with zero attached hydrogens (tertiary/aromatic N) is 3. The molecule has 2 aromatic heterocycles. The molecule has 0 fully saturated rings. The van der Waals surface area contributed by atoms with Gasteiger partial charge in [-0.25, -0.2) is 15.0 Å². The SMILES string of the molecule is [NaH].[NaH].c1ccoc1.c1ncncn1. The first-order valence-electron chi connectivity index (χ1n) is 3.02. The van der Waals surface area contributed by atoms with Gasteiger partial charge in [-0.05, 0) is 12.1 Å². The van der Waals surface area contributed by atoms with Crippen molar-refractivity contribution in [2.75, 3.05) is 0 Å². The van der Waals surface area contributed by atoms with Crippen molar-refractivity contribution in [3.05, 3.63) is 43.6 Å². The van der Waals surface area contributed by atoms with Gasteiger partial charge in [-0.2, -0.15) is 0 Å². The summed E-state index contributed by atoms with van der Waals surface area (Å²) in [6.07, 6.45) is 7.56. The van der Waals surface area contributed by atoms with Crippen LogP contribution in [0.1, 0.15) is 0 Å². The summed E-state index contributed by atoms with van der Waals surface area (Å²) in [5.41, 5.74) is 0. The second kappa shape index (κ2) is 12.3. The number of aromatic nitrogens is 3. The molecule has 0 saturated heterocycles. The first-order chi connectivity index (χ1) is 5.50. The topological polar surface area (TPSA) is 51.8 Å². The van der Waals surface area contributed by atoms with E-state index in [-0.39, 0.29) is 59.1 Å². The maximum atomic E-state index is 4.58. The van der Waals surface area contributed by atoms with E-state index in [1.165, 1.54) is 19.0 Å². The maximum absolute atomic E-state index is 4.58. The van der Waals surface area contributed by atoms with Crippen molar-refractivity contribution >= 4 is 59.1 Å². The van der Waals surface area contributed by atoms with Crippen molar-refractivity contribution in [2.45, 2.75) is 0 Å². The van der Waals surface area contributed by atoms with E-state index in [1.807, 2.05) is 12.1 Å². The van der Waals surface area contributed by atoms with Crippen LogP contribution in [0, 0.1) is 0 Å². The van der Waals surface area contributed by atoms with E-state index in [0.29, 0.717) is 0 Å². The third-order valence-corrected chi connectivity index (χ3v) is 0.825. The first kappa shape index (κ1) is 15.7. The van der Waals surface area contributed by atoms with Crippen molar-refractivity contribution < 1.29 is 4.42 Å². The Labute approximate surface area is 121 Å². The van der Waals surface area contributed by atoms with Crippen LogP contribution in [0.5, 0.6) is 0 Å². The largest absolute Gasteiger partial charge is 0.473 e. The van der Waals surface area contributed by atoms with Gasteiger partial charge in [-0.3, -0.25) is 0 Å². The molecule has 0 aliphatic rings. The van der Waals surface area contributed by atoms with Gasteiger partial charge in [0, 0.05) is 0 Å². The fourth-order valence-corrected chi connectivity index (χ4v) is 0.432. The zero-order valence-corrected chi connectivity index (χ0v) is 5.79. The molecule has 0 unspecified atom stereocenters. The minimum Gasteiger partial charge on any atom is -0.473 e. The van der Waals surface area contributed by atoms with Gasteiger partial charge < -0.3 is 4.42 Å². The van der Waals surface area contributed by atoms with E-state index in [1.54, 1.807) is 12.5 Å². The van der Waals surface area contributed by atoms with Crippen molar-refractivity contribution in [3.63, 3.8) is 0 Å². The van der Waals surface area contributed by atoms with Gasteiger partial charge in [-0.1, -0.05) is 0 Å². The Morgan fingerprint density at radius 3 is 1.23 bits per heavy atom. The molecule has 0 amide bonds. The molecule has 13 heavy (non-hydrogen) atoms. The molecule has 2 rings (SSSR count). The fourth-order valence-electron chi connectivity index (χ4n) is 0.432. The predicted molar refractivity (Wildman–Crippen MR) is 52.8 cm³/mol. The summed E-state index contributed by atoms with van der Waals surface area (Å²) in [6.45, 7) is 0. The first-order valence-corrected chi connectivity index (χ1v) is 3.02. The Hall–Kier alpha value is 0.290. The van der Waals surface area contributed by atoms with Gasteiger partial charge in [0.05, 0.1) is 12.5 Å². The summed E-state index contributed by atoms with van der Waals surface area (Å²) in [5, 5.41) is 0. The number of furan rings is 1. The molecular weight excluding hydrogens is 188 g/mol. The molecule has 2 aromatic rings. The molecule has 0 bridgehead atoms. The minimum atomic E-state index is 0. The fraction of sp³-hybridized carbons (Fsp3) is 0. The van der Waals surface area contributed by atoms with Crippen LogP contribution in [0.4, 0.5) is 0 Å². The summed E-state index contributed by atoms with van der Waals surface area (Å²) in [4.78, 5) is 10.7. The predicted octanol–water partition coefficient (Wildman–Crippen LogP) is -0.146. The van der Waals surface area contributed by atoms with Crippen LogP contribution in [-0.4, -0.2) is 74.1 Å². The summed E-state index contributed by atoms with van der Waals surface area (Å²) >= 11 is 0. The average molecular weight is 197 g/mol. The molecule has 0 aliphatic carbocycles. The molecule has 0 aromatic carbocycles. The molecule has 0 spiro atoms. The monoisotopic (exact) mass is 197 g/mol. The van der Waals surface area contributed by atoms with Crippen LogP contribution < -0.4 is 0 Å². The molecule has 0 radical (unpaired) electrons. The van der Waals surface area contributed by atoms with Crippen LogP contribution >= 0.6 is 0 Å². The van der Waals surface area contributed by atoms with Gasteiger partial charge in [0.1, 0.15) is 19.0 Å². The van der Waals surface area contributed by atoms with E-state index in [9.17, 15) is 0 Å². The molecule has 4 nitrogen and oxygen atoms in total. The van der Waals surface area contributed by atoms with E-state index in [0.717, 1.165) is 0 Å². The van der Waals surface area contributed by atoms with E-state index in [4.69, 9.17) is 0 Å². The Morgan fingerprint density at radius 1 is 0.692 bits per heavy atom. The van der Waals surface area contributed by atoms with Gasteiger partial charge in [0.25, 0.3) is 0 Å². The summed E-state index contributed by atoms with van der Waals surface area (Å²) in [7, 11) is 0. The van der Waals surface area contributed by atoms with Crippen molar-refractivity contribution in [3.8, 4) is 0 Å². The number of rotatable bonds is 0. The minimum absolute atomic E-state index is 0. The van der Waals surface area contributed by atoms with Crippen LogP contribution in [0.25, 0.3) is 0 Å². The second-order valence-corrected chi connectivity index (χ2v) is 1.59.